The number of rotatable bonds is 3. The van der Waals surface area contributed by atoms with Crippen molar-refractivity contribution < 1.29 is 29.3 Å². The Kier molecular flexibility index (Phi) is 4.37. The van der Waals surface area contributed by atoms with E-state index in [2.05, 4.69) is 19.7 Å². The maximum atomic E-state index is 12.1. The molecule has 1 heterocycles. The van der Waals surface area contributed by atoms with Crippen LogP contribution in [0.15, 0.2) is 36.5 Å². The standard InChI is InChI=1S/C19H24O6/c1-9-5-6-13(24-17(22)10(2)8-20)19(4)7-12(21)14-11(3)18(23)25-16(14)15(9)19/h12-16,20-21H,1-3,5-8H2,4H3/t12-,13-,14-,15+,16-,19-/m0/s1. The van der Waals surface area contributed by atoms with Crippen LogP contribution < -0.4 is 0 Å². The Labute approximate surface area is 146 Å². The molecule has 1 aliphatic heterocycles. The Bertz CT molecular complexity index is 665. The smallest absolute Gasteiger partial charge is 0.336 e. The first kappa shape index (κ1) is 17.9. The maximum Gasteiger partial charge on any atom is 0.336 e. The molecular formula is C19H24O6. The van der Waals surface area contributed by atoms with E-state index in [1.54, 1.807) is 0 Å². The average molecular weight is 348 g/mol. The molecule has 6 atom stereocenters. The van der Waals surface area contributed by atoms with Crippen LogP contribution in [0, 0.1) is 17.3 Å². The molecule has 2 N–H and O–H groups in total. The van der Waals surface area contributed by atoms with E-state index < -0.39 is 48.2 Å². The van der Waals surface area contributed by atoms with E-state index in [0.717, 1.165) is 5.57 Å². The van der Waals surface area contributed by atoms with Gasteiger partial charge in [0.25, 0.3) is 0 Å². The molecule has 0 unspecified atom stereocenters. The van der Waals surface area contributed by atoms with Gasteiger partial charge in [-0.05, 0) is 19.3 Å². The van der Waals surface area contributed by atoms with Crippen LogP contribution in [0.5, 0.6) is 0 Å². The molecule has 6 heteroatoms. The molecule has 25 heavy (non-hydrogen) atoms. The van der Waals surface area contributed by atoms with Crippen molar-refractivity contribution in [3.8, 4) is 0 Å². The second-order valence-electron chi connectivity index (χ2n) is 7.53. The Morgan fingerprint density at radius 2 is 2.12 bits per heavy atom. The van der Waals surface area contributed by atoms with Crippen LogP contribution in [0.2, 0.25) is 0 Å². The van der Waals surface area contributed by atoms with Gasteiger partial charge < -0.3 is 19.7 Å². The highest BCUT2D eigenvalue weighted by atomic mass is 16.6. The van der Waals surface area contributed by atoms with Gasteiger partial charge in [-0.25, -0.2) is 9.59 Å². The number of hydrogen-bond acceptors (Lipinski definition) is 6. The molecule has 0 radical (unpaired) electrons. The van der Waals surface area contributed by atoms with Crippen molar-refractivity contribution in [2.75, 3.05) is 6.61 Å². The number of esters is 2. The summed E-state index contributed by atoms with van der Waals surface area (Å²) >= 11 is 0. The minimum Gasteiger partial charge on any atom is -0.458 e. The minimum absolute atomic E-state index is 0.0144. The summed E-state index contributed by atoms with van der Waals surface area (Å²) in [4.78, 5) is 24.1. The van der Waals surface area contributed by atoms with Crippen molar-refractivity contribution in [3.05, 3.63) is 36.5 Å². The Balaban J connectivity index is 1.93. The normalized spacial score (nSPS) is 40.1. The molecule has 0 aromatic heterocycles. The van der Waals surface area contributed by atoms with Gasteiger partial charge in [-0.15, -0.1) is 0 Å². The monoisotopic (exact) mass is 348 g/mol. The van der Waals surface area contributed by atoms with Gasteiger partial charge in [0.05, 0.1) is 24.2 Å². The lowest BCUT2D eigenvalue weighted by Crippen LogP contribution is -2.58. The van der Waals surface area contributed by atoms with Crippen molar-refractivity contribution in [3.63, 3.8) is 0 Å². The first-order valence-electron chi connectivity index (χ1n) is 8.45. The topological polar surface area (TPSA) is 93.1 Å². The molecule has 136 valence electrons. The highest BCUT2D eigenvalue weighted by Gasteiger charge is 2.62. The molecule has 3 aliphatic rings. The molecule has 0 aromatic rings. The van der Waals surface area contributed by atoms with Crippen LogP contribution in [0.3, 0.4) is 0 Å². The third-order valence-corrected chi connectivity index (χ3v) is 6.00. The predicted molar refractivity (Wildman–Crippen MR) is 89.2 cm³/mol. The van der Waals surface area contributed by atoms with Gasteiger partial charge >= 0.3 is 11.9 Å². The highest BCUT2D eigenvalue weighted by molar-refractivity contribution is 5.91. The minimum atomic E-state index is -0.807. The van der Waals surface area contributed by atoms with Crippen molar-refractivity contribution in [1.29, 1.82) is 0 Å². The lowest BCUT2D eigenvalue weighted by atomic mass is 9.53. The van der Waals surface area contributed by atoms with Gasteiger partial charge in [-0.2, -0.15) is 0 Å². The van der Waals surface area contributed by atoms with Crippen LogP contribution in [-0.4, -0.2) is 47.1 Å². The summed E-state index contributed by atoms with van der Waals surface area (Å²) in [6, 6.07) is 0. The summed E-state index contributed by atoms with van der Waals surface area (Å²) in [7, 11) is 0. The fraction of sp³-hybridized carbons (Fsp3) is 0.579. The van der Waals surface area contributed by atoms with Gasteiger partial charge in [-0.3, -0.25) is 0 Å². The zero-order valence-corrected chi connectivity index (χ0v) is 14.4. The largest absolute Gasteiger partial charge is 0.458 e. The van der Waals surface area contributed by atoms with Gasteiger partial charge in [0.15, 0.2) is 0 Å². The summed E-state index contributed by atoms with van der Waals surface area (Å²) in [5.74, 6) is -1.81. The molecule has 0 spiro atoms. The first-order valence-corrected chi connectivity index (χ1v) is 8.45. The van der Waals surface area contributed by atoms with Gasteiger partial charge in [0.2, 0.25) is 0 Å². The molecule has 1 saturated heterocycles. The van der Waals surface area contributed by atoms with E-state index in [1.165, 1.54) is 0 Å². The number of aliphatic hydroxyl groups is 2. The van der Waals surface area contributed by atoms with Gasteiger partial charge in [0.1, 0.15) is 12.2 Å². The fourth-order valence-electron chi connectivity index (χ4n) is 4.72. The zero-order chi connectivity index (χ0) is 18.5. The van der Waals surface area contributed by atoms with Crippen molar-refractivity contribution in [1.82, 2.24) is 0 Å². The number of hydrogen-bond donors (Lipinski definition) is 2. The molecule has 0 bridgehead atoms. The average Bonchev–Trinajstić information content (AvgIpc) is 2.84. The van der Waals surface area contributed by atoms with E-state index in [0.29, 0.717) is 24.8 Å². The summed E-state index contributed by atoms with van der Waals surface area (Å²) in [6.45, 7) is 12.9. The summed E-state index contributed by atoms with van der Waals surface area (Å²) in [5, 5.41) is 19.7. The van der Waals surface area contributed by atoms with E-state index in [9.17, 15) is 14.7 Å². The van der Waals surface area contributed by atoms with Crippen LogP contribution in [-0.2, 0) is 19.1 Å². The van der Waals surface area contributed by atoms with E-state index in [1.807, 2.05) is 6.92 Å². The van der Waals surface area contributed by atoms with Crippen molar-refractivity contribution in [2.24, 2.45) is 17.3 Å². The van der Waals surface area contributed by atoms with E-state index in [4.69, 9.17) is 14.6 Å². The Morgan fingerprint density at radius 3 is 2.76 bits per heavy atom. The molecule has 2 aliphatic carbocycles. The highest BCUT2D eigenvalue weighted by Crippen LogP contribution is 2.58. The van der Waals surface area contributed by atoms with Crippen LogP contribution in [0.1, 0.15) is 26.2 Å². The van der Waals surface area contributed by atoms with E-state index in [-0.39, 0.29) is 11.5 Å². The quantitative estimate of drug-likeness (QED) is 0.453. The molecule has 0 aromatic carbocycles. The number of carbonyl (C=O) groups is 2. The molecular weight excluding hydrogens is 324 g/mol. The SMILES string of the molecule is C=C(CO)C(=O)O[C@H]1CCC(=C)[C@@H]2[C@H]3OC(=O)C(=C)[C@H]3[C@@H](O)C[C@@]12C. The summed E-state index contributed by atoms with van der Waals surface area (Å²) < 4.78 is 11.1. The number of ether oxygens (including phenoxy) is 2. The first-order chi connectivity index (χ1) is 11.7. The van der Waals surface area contributed by atoms with Crippen LogP contribution >= 0.6 is 0 Å². The van der Waals surface area contributed by atoms with Crippen molar-refractivity contribution >= 4 is 11.9 Å². The molecule has 3 rings (SSSR count). The molecule has 0 amide bonds. The predicted octanol–water partition coefficient (Wildman–Crippen LogP) is 1.28. The number of fused-ring (bicyclic) bond motifs is 3. The molecule has 3 fully saturated rings. The third-order valence-electron chi connectivity index (χ3n) is 6.00. The summed E-state index contributed by atoms with van der Waals surface area (Å²) in [5.41, 5.74) is 0.589. The third kappa shape index (κ3) is 2.64. The zero-order valence-electron chi connectivity index (χ0n) is 14.4. The fourth-order valence-corrected chi connectivity index (χ4v) is 4.72. The second-order valence-corrected chi connectivity index (χ2v) is 7.53. The maximum absolute atomic E-state index is 12.1. The second kappa shape index (κ2) is 6.11. The molecule has 6 nitrogen and oxygen atoms in total. The number of aliphatic hydroxyl groups excluding tert-OH is 2. The lowest BCUT2D eigenvalue weighted by Gasteiger charge is -2.54. The van der Waals surface area contributed by atoms with Crippen molar-refractivity contribution in [2.45, 2.75) is 44.5 Å². The Morgan fingerprint density at radius 1 is 1.44 bits per heavy atom. The van der Waals surface area contributed by atoms with Crippen LogP contribution in [0.4, 0.5) is 0 Å². The summed E-state index contributed by atoms with van der Waals surface area (Å²) in [6.07, 6.45) is -0.288. The van der Waals surface area contributed by atoms with Gasteiger partial charge in [0, 0.05) is 16.9 Å². The van der Waals surface area contributed by atoms with E-state index >= 15 is 0 Å². The lowest BCUT2D eigenvalue weighted by molar-refractivity contribution is -0.179. The number of carbonyl (C=O) groups excluding carboxylic acids is 2. The molecule has 2 saturated carbocycles. The van der Waals surface area contributed by atoms with Gasteiger partial charge in [-0.1, -0.05) is 32.2 Å². The van der Waals surface area contributed by atoms with Crippen LogP contribution in [0.25, 0.3) is 0 Å². The Hall–Kier alpha value is -1.92.